The first kappa shape index (κ1) is 26.2. The zero-order valence-electron chi connectivity index (χ0n) is 22.2. The van der Waals surface area contributed by atoms with Gasteiger partial charge in [0.15, 0.2) is 0 Å². The van der Waals surface area contributed by atoms with Crippen LogP contribution in [-0.4, -0.2) is 52.0 Å². The molecule has 202 valence electrons. The Morgan fingerprint density at radius 3 is 2.49 bits per heavy atom. The molecule has 0 unspecified atom stereocenters. The van der Waals surface area contributed by atoms with Crippen LogP contribution in [0.5, 0.6) is 11.5 Å². The first-order valence-electron chi connectivity index (χ1n) is 13.2. The Hall–Kier alpha value is -4.40. The molecule has 1 atom stereocenters. The van der Waals surface area contributed by atoms with Crippen molar-refractivity contribution in [1.29, 1.82) is 0 Å². The van der Waals surface area contributed by atoms with E-state index in [0.29, 0.717) is 22.6 Å². The van der Waals surface area contributed by atoms with Gasteiger partial charge < -0.3 is 19.7 Å². The van der Waals surface area contributed by atoms with Gasteiger partial charge in [-0.05, 0) is 48.7 Å². The molecule has 3 aromatic carbocycles. The lowest BCUT2D eigenvalue weighted by Gasteiger charge is -2.33. The molecule has 4 aromatic rings. The number of methoxy groups -OCH3 is 2. The minimum Gasteiger partial charge on any atom is -0.497 e. The number of rotatable bonds is 10. The molecule has 1 N–H and O–H groups in total. The number of hydrogen-bond acceptors (Lipinski definition) is 6. The molecule has 1 fully saturated rings. The molecule has 5 rings (SSSR count). The van der Waals surface area contributed by atoms with Crippen LogP contribution in [0.15, 0.2) is 72.8 Å². The Kier molecular flexibility index (Phi) is 8.05. The average Bonchev–Trinajstić information content (AvgIpc) is 3.63. The van der Waals surface area contributed by atoms with E-state index in [1.807, 2.05) is 54.6 Å². The molecule has 0 saturated heterocycles. The van der Waals surface area contributed by atoms with Crippen molar-refractivity contribution in [2.24, 2.45) is 0 Å². The number of amides is 2. The molecule has 1 aromatic heterocycles. The molecule has 2 amide bonds. The summed E-state index contributed by atoms with van der Waals surface area (Å²) in [5.41, 5.74) is 2.90. The van der Waals surface area contributed by atoms with Gasteiger partial charge in [0.2, 0.25) is 11.8 Å². The van der Waals surface area contributed by atoms with Crippen molar-refractivity contribution in [2.45, 2.75) is 50.9 Å². The Bertz CT molecular complexity index is 1430. The highest BCUT2D eigenvalue weighted by molar-refractivity contribution is 5.90. The molecule has 0 radical (unpaired) electrons. The number of aromatic nitrogens is 3. The Labute approximate surface area is 227 Å². The van der Waals surface area contributed by atoms with Gasteiger partial charge in [0.25, 0.3) is 0 Å². The lowest BCUT2D eigenvalue weighted by Crippen LogP contribution is -2.46. The van der Waals surface area contributed by atoms with E-state index in [2.05, 4.69) is 15.6 Å². The van der Waals surface area contributed by atoms with Crippen LogP contribution in [0.4, 0.5) is 0 Å². The van der Waals surface area contributed by atoms with Crippen LogP contribution >= 0.6 is 0 Å². The van der Waals surface area contributed by atoms with Crippen molar-refractivity contribution in [1.82, 2.24) is 25.2 Å². The zero-order chi connectivity index (χ0) is 27.2. The zero-order valence-corrected chi connectivity index (χ0v) is 22.2. The summed E-state index contributed by atoms with van der Waals surface area (Å²) in [6.07, 6.45) is 3.99. The van der Waals surface area contributed by atoms with Gasteiger partial charge in [-0.3, -0.25) is 9.59 Å². The van der Waals surface area contributed by atoms with Crippen LogP contribution in [0.2, 0.25) is 0 Å². The molecule has 9 nitrogen and oxygen atoms in total. The third-order valence-electron chi connectivity index (χ3n) is 7.21. The molecular weight excluding hydrogens is 494 g/mol. The van der Waals surface area contributed by atoms with Crippen molar-refractivity contribution < 1.29 is 19.1 Å². The van der Waals surface area contributed by atoms with Gasteiger partial charge in [0.1, 0.15) is 29.6 Å². The lowest BCUT2D eigenvalue weighted by molar-refractivity contribution is -0.142. The van der Waals surface area contributed by atoms with Crippen LogP contribution in [-0.2, 0) is 22.7 Å². The Morgan fingerprint density at radius 1 is 1.00 bits per heavy atom. The maximum absolute atomic E-state index is 14.2. The van der Waals surface area contributed by atoms with Crippen LogP contribution < -0.4 is 14.8 Å². The maximum Gasteiger partial charge on any atom is 0.247 e. The predicted octanol–water partition coefficient (Wildman–Crippen LogP) is 4.28. The molecular formula is C30H33N5O4. The Balaban J connectivity index is 1.58. The van der Waals surface area contributed by atoms with E-state index in [1.54, 1.807) is 42.0 Å². The highest BCUT2D eigenvalue weighted by Gasteiger charge is 2.36. The minimum absolute atomic E-state index is 0.0736. The van der Waals surface area contributed by atoms with E-state index >= 15 is 0 Å². The fourth-order valence-electron chi connectivity index (χ4n) is 5.21. The third kappa shape index (κ3) is 5.87. The number of carbonyl (C=O) groups is 2. The summed E-state index contributed by atoms with van der Waals surface area (Å²) in [6, 6.07) is 21.6. The number of ether oxygens (including phenoxy) is 2. The highest BCUT2D eigenvalue weighted by Crippen LogP contribution is 2.35. The number of benzene rings is 3. The van der Waals surface area contributed by atoms with Crippen LogP contribution in [0, 0.1) is 0 Å². The van der Waals surface area contributed by atoms with Crippen molar-refractivity contribution in [2.75, 3.05) is 14.2 Å². The summed E-state index contributed by atoms with van der Waals surface area (Å²) in [7, 11) is 3.13. The van der Waals surface area contributed by atoms with Crippen LogP contribution in [0.3, 0.4) is 0 Å². The third-order valence-corrected chi connectivity index (χ3v) is 7.21. The smallest absolute Gasteiger partial charge is 0.247 e. The summed E-state index contributed by atoms with van der Waals surface area (Å²) >= 11 is 0. The van der Waals surface area contributed by atoms with E-state index in [0.717, 1.165) is 36.8 Å². The first-order chi connectivity index (χ1) is 19.1. The molecule has 0 aliphatic heterocycles. The van der Waals surface area contributed by atoms with Crippen molar-refractivity contribution >= 4 is 22.8 Å². The topological polar surface area (TPSA) is 98.6 Å². The number of hydrogen-bond donors (Lipinski definition) is 1. The van der Waals surface area contributed by atoms with E-state index in [4.69, 9.17) is 9.47 Å². The van der Waals surface area contributed by atoms with E-state index in [1.165, 1.54) is 0 Å². The van der Waals surface area contributed by atoms with Crippen molar-refractivity contribution in [3.63, 3.8) is 0 Å². The second-order valence-electron chi connectivity index (χ2n) is 9.74. The van der Waals surface area contributed by atoms with Crippen LogP contribution in [0.25, 0.3) is 11.0 Å². The summed E-state index contributed by atoms with van der Waals surface area (Å²) in [5.74, 6) is 0.547. The standard InChI is InChI=1S/C30H33N5O4/c1-38-23-16-17-27(39-2)24(18-23)29(30(37)31-22-12-6-7-13-22)34(19-21-10-4-3-5-11-21)28(36)20-35-26-15-9-8-14-25(26)32-33-35/h3-5,8-11,14-18,22,29H,6-7,12-13,19-20H2,1-2H3,(H,31,37)/t29-/m0/s1. The monoisotopic (exact) mass is 527 g/mol. The van der Waals surface area contributed by atoms with E-state index < -0.39 is 6.04 Å². The maximum atomic E-state index is 14.2. The largest absolute Gasteiger partial charge is 0.497 e. The lowest BCUT2D eigenvalue weighted by atomic mass is 10.0. The van der Waals surface area contributed by atoms with Gasteiger partial charge >= 0.3 is 0 Å². The highest BCUT2D eigenvalue weighted by atomic mass is 16.5. The van der Waals surface area contributed by atoms with Gasteiger partial charge in [-0.2, -0.15) is 0 Å². The van der Waals surface area contributed by atoms with Gasteiger partial charge in [-0.1, -0.05) is 60.5 Å². The van der Waals surface area contributed by atoms with Gasteiger partial charge in [0, 0.05) is 18.2 Å². The second-order valence-corrected chi connectivity index (χ2v) is 9.74. The number of fused-ring (bicyclic) bond motifs is 1. The number of nitrogens with one attached hydrogen (secondary N) is 1. The number of carbonyl (C=O) groups excluding carboxylic acids is 2. The number of nitrogens with zero attached hydrogens (tertiary/aromatic N) is 4. The molecule has 1 saturated carbocycles. The van der Waals surface area contributed by atoms with E-state index in [-0.39, 0.29) is 30.9 Å². The predicted molar refractivity (Wildman–Crippen MR) is 147 cm³/mol. The van der Waals surface area contributed by atoms with Crippen molar-refractivity contribution in [3.8, 4) is 11.5 Å². The van der Waals surface area contributed by atoms with Gasteiger partial charge in [-0.25, -0.2) is 4.68 Å². The molecule has 0 bridgehead atoms. The molecule has 39 heavy (non-hydrogen) atoms. The van der Waals surface area contributed by atoms with Crippen LogP contribution in [0.1, 0.15) is 42.9 Å². The van der Waals surface area contributed by atoms with Crippen molar-refractivity contribution in [3.05, 3.63) is 83.9 Å². The fourth-order valence-corrected chi connectivity index (χ4v) is 5.21. The second kappa shape index (κ2) is 12.0. The molecule has 1 aliphatic carbocycles. The van der Waals surface area contributed by atoms with E-state index in [9.17, 15) is 9.59 Å². The normalized spacial score (nSPS) is 14.2. The molecule has 0 spiro atoms. The first-order valence-corrected chi connectivity index (χ1v) is 13.2. The summed E-state index contributed by atoms with van der Waals surface area (Å²) in [6.45, 7) is 0.141. The Morgan fingerprint density at radius 2 is 1.74 bits per heavy atom. The number of para-hydroxylation sites is 1. The summed E-state index contributed by atoms with van der Waals surface area (Å²) < 4.78 is 12.8. The molecule has 1 heterocycles. The fraction of sp³-hybridized carbons (Fsp3) is 0.333. The summed E-state index contributed by atoms with van der Waals surface area (Å²) in [4.78, 5) is 29.8. The quantitative estimate of drug-likeness (QED) is 0.331. The van der Waals surface area contributed by atoms with Gasteiger partial charge in [0.05, 0.1) is 19.7 Å². The summed E-state index contributed by atoms with van der Waals surface area (Å²) in [5, 5.41) is 11.6. The SMILES string of the molecule is COc1ccc(OC)c([C@@H](C(=O)NC2CCCC2)N(Cc2ccccc2)C(=O)Cn2nnc3ccccc32)c1. The molecule has 1 aliphatic rings. The van der Waals surface area contributed by atoms with Gasteiger partial charge in [-0.15, -0.1) is 5.10 Å². The minimum atomic E-state index is -0.960. The molecule has 9 heteroatoms. The average molecular weight is 528 g/mol.